The Kier molecular flexibility index (Phi) is 4.85. The molecule has 0 spiro atoms. The molecule has 3 aliphatic carbocycles. The summed E-state index contributed by atoms with van der Waals surface area (Å²) in [5, 5.41) is 31.7. The molecule has 182 valence electrons. The zero-order chi connectivity index (χ0) is 24.8. The molecular weight excluding hydrogens is 440 g/mol. The lowest BCUT2D eigenvalue weighted by atomic mass is 9.41. The van der Waals surface area contributed by atoms with Crippen LogP contribution in [0.1, 0.15) is 52.0 Å². The molecule has 1 aromatic rings. The molecule has 0 aromatic carbocycles. The van der Waals surface area contributed by atoms with Crippen LogP contribution in [0.5, 0.6) is 0 Å². The molecule has 4 aliphatic rings. The lowest BCUT2D eigenvalue weighted by Gasteiger charge is -2.61. The molecule has 0 radical (unpaired) electrons. The molecule has 8 nitrogen and oxygen atoms in total. The highest BCUT2D eigenvalue weighted by molar-refractivity contribution is 5.99. The van der Waals surface area contributed by atoms with Crippen LogP contribution in [-0.2, 0) is 19.1 Å². The van der Waals surface area contributed by atoms with E-state index in [2.05, 4.69) is 0 Å². The second kappa shape index (κ2) is 7.15. The van der Waals surface area contributed by atoms with Crippen LogP contribution in [0, 0.1) is 28.1 Å². The lowest BCUT2D eigenvalue weighted by Crippen LogP contribution is -2.69. The van der Waals surface area contributed by atoms with Crippen molar-refractivity contribution in [1.29, 1.82) is 0 Å². The van der Waals surface area contributed by atoms with E-state index in [1.54, 1.807) is 19.5 Å². The van der Waals surface area contributed by atoms with Crippen molar-refractivity contribution < 1.29 is 38.9 Å². The summed E-state index contributed by atoms with van der Waals surface area (Å²) in [6, 6.07) is 1.89. The van der Waals surface area contributed by atoms with E-state index in [-0.39, 0.29) is 24.2 Å². The molecule has 1 aliphatic heterocycles. The number of allylic oxidation sites excluding steroid dienone is 2. The van der Waals surface area contributed by atoms with E-state index in [1.807, 2.05) is 19.9 Å². The third kappa shape index (κ3) is 2.64. The van der Waals surface area contributed by atoms with Gasteiger partial charge in [-0.2, -0.15) is 0 Å². The fraction of sp³-hybridized carbons (Fsp3) is 0.577. The first-order chi connectivity index (χ1) is 15.9. The summed E-state index contributed by atoms with van der Waals surface area (Å²) in [7, 11) is 0. The fourth-order valence-corrected chi connectivity index (χ4v) is 8.00. The average Bonchev–Trinajstić information content (AvgIpc) is 3.45. The van der Waals surface area contributed by atoms with Gasteiger partial charge in [-0.3, -0.25) is 14.4 Å². The number of hydrogen-bond acceptors (Lipinski definition) is 6. The first-order valence-electron chi connectivity index (χ1n) is 11.6. The van der Waals surface area contributed by atoms with Crippen molar-refractivity contribution >= 4 is 17.7 Å². The summed E-state index contributed by atoms with van der Waals surface area (Å²) in [5.74, 6) is -4.39. The SMILES string of the molecule is CC1=C2[C@@H](C[C@H]1c1ccoc1)O[C@@H]1[C@H](O)[C@@H]3[C@](C)(C(=O)C=C[C@@]3(C)C(=O)O)[C@@H](CC(=O)O)[C@]21C. The molecule has 0 unspecified atom stereocenters. The monoisotopic (exact) mass is 470 g/mol. The number of carbonyl (C=O) groups excluding carboxylic acids is 1. The van der Waals surface area contributed by atoms with Gasteiger partial charge in [0.1, 0.15) is 0 Å². The molecule has 1 saturated heterocycles. The Morgan fingerprint density at radius 1 is 1.18 bits per heavy atom. The third-order valence-corrected chi connectivity index (χ3v) is 9.49. The van der Waals surface area contributed by atoms with Crippen molar-refractivity contribution in [3.8, 4) is 0 Å². The number of carbonyl (C=O) groups is 3. The van der Waals surface area contributed by atoms with Gasteiger partial charge >= 0.3 is 11.9 Å². The minimum Gasteiger partial charge on any atom is -0.481 e. The van der Waals surface area contributed by atoms with Crippen LogP contribution in [0.25, 0.3) is 0 Å². The van der Waals surface area contributed by atoms with Gasteiger partial charge in [-0.1, -0.05) is 25.5 Å². The number of carboxylic acids is 2. The van der Waals surface area contributed by atoms with E-state index in [0.717, 1.165) is 16.7 Å². The molecule has 2 fully saturated rings. The Balaban J connectivity index is 1.73. The van der Waals surface area contributed by atoms with Gasteiger partial charge in [0, 0.05) is 22.7 Å². The van der Waals surface area contributed by atoms with Gasteiger partial charge in [-0.25, -0.2) is 0 Å². The minimum absolute atomic E-state index is 0.0240. The van der Waals surface area contributed by atoms with Crippen LogP contribution in [0.2, 0.25) is 0 Å². The number of ether oxygens (including phenoxy) is 1. The number of rotatable bonds is 4. The highest BCUT2D eigenvalue weighted by atomic mass is 16.5. The van der Waals surface area contributed by atoms with E-state index in [4.69, 9.17) is 9.15 Å². The second-order valence-electron chi connectivity index (χ2n) is 11.0. The van der Waals surface area contributed by atoms with Crippen LogP contribution in [0.3, 0.4) is 0 Å². The van der Waals surface area contributed by atoms with E-state index in [1.165, 1.54) is 19.1 Å². The largest absolute Gasteiger partial charge is 0.481 e. The molecule has 1 saturated carbocycles. The number of aliphatic hydroxyl groups excluding tert-OH is 1. The molecule has 5 rings (SSSR count). The van der Waals surface area contributed by atoms with E-state index in [0.29, 0.717) is 6.42 Å². The summed E-state index contributed by atoms with van der Waals surface area (Å²) in [5.41, 5.74) is -0.979. The minimum atomic E-state index is -1.55. The number of furan rings is 1. The Morgan fingerprint density at radius 2 is 1.88 bits per heavy atom. The van der Waals surface area contributed by atoms with Gasteiger partial charge < -0.3 is 24.5 Å². The quantitative estimate of drug-likeness (QED) is 0.571. The van der Waals surface area contributed by atoms with Crippen molar-refractivity contribution in [2.45, 2.75) is 64.8 Å². The number of carboxylic acid groups (broad SMARTS) is 2. The van der Waals surface area contributed by atoms with E-state index in [9.17, 15) is 29.7 Å². The maximum absolute atomic E-state index is 13.5. The first kappa shape index (κ1) is 23.1. The summed E-state index contributed by atoms with van der Waals surface area (Å²) in [4.78, 5) is 38.0. The number of aliphatic hydroxyl groups is 1. The Hall–Kier alpha value is -2.71. The van der Waals surface area contributed by atoms with Crippen LogP contribution in [0.4, 0.5) is 0 Å². The Bertz CT molecular complexity index is 1130. The fourth-order valence-electron chi connectivity index (χ4n) is 8.00. The van der Waals surface area contributed by atoms with Crippen molar-refractivity contribution in [2.75, 3.05) is 0 Å². The van der Waals surface area contributed by atoms with Crippen molar-refractivity contribution in [3.05, 3.63) is 47.5 Å². The molecule has 3 N–H and O–H groups in total. The molecule has 8 heteroatoms. The number of hydrogen-bond donors (Lipinski definition) is 3. The van der Waals surface area contributed by atoms with Crippen LogP contribution >= 0.6 is 0 Å². The highest BCUT2D eigenvalue weighted by Crippen LogP contribution is 2.69. The summed E-state index contributed by atoms with van der Waals surface area (Å²) in [6.45, 7) is 7.00. The van der Waals surface area contributed by atoms with Crippen molar-refractivity contribution in [1.82, 2.24) is 0 Å². The predicted molar refractivity (Wildman–Crippen MR) is 119 cm³/mol. The molecule has 34 heavy (non-hydrogen) atoms. The third-order valence-electron chi connectivity index (χ3n) is 9.49. The zero-order valence-electron chi connectivity index (χ0n) is 19.6. The van der Waals surface area contributed by atoms with E-state index < -0.39 is 52.2 Å². The first-order valence-corrected chi connectivity index (χ1v) is 11.6. The highest BCUT2D eigenvalue weighted by Gasteiger charge is 2.74. The van der Waals surface area contributed by atoms with Gasteiger partial charge in [-0.05, 0) is 49.5 Å². The molecule has 1 aromatic heterocycles. The normalized spacial score (nSPS) is 45.1. The predicted octanol–water partition coefficient (Wildman–Crippen LogP) is 3.17. The summed E-state index contributed by atoms with van der Waals surface area (Å²) < 4.78 is 11.7. The van der Waals surface area contributed by atoms with Crippen LogP contribution < -0.4 is 0 Å². The number of ketones is 1. The smallest absolute Gasteiger partial charge is 0.313 e. The van der Waals surface area contributed by atoms with E-state index >= 15 is 0 Å². The molecular formula is C26H30O8. The van der Waals surface area contributed by atoms with Gasteiger partial charge in [0.15, 0.2) is 5.78 Å². The molecule has 0 bridgehead atoms. The van der Waals surface area contributed by atoms with Gasteiger partial charge in [0.25, 0.3) is 0 Å². The topological polar surface area (TPSA) is 134 Å². The van der Waals surface area contributed by atoms with Crippen molar-refractivity contribution in [3.63, 3.8) is 0 Å². The lowest BCUT2D eigenvalue weighted by molar-refractivity contribution is -0.215. The summed E-state index contributed by atoms with van der Waals surface area (Å²) in [6.07, 6.45) is 3.70. The maximum Gasteiger partial charge on any atom is 0.313 e. The average molecular weight is 471 g/mol. The standard InChI is InChI=1S/C26H30O8/c1-12-14(13-6-8-33-11-13)9-15-19(12)26(4)16(10-18(28)29)25(3)17(27)5-7-24(2,23(31)32)21(25)20(30)22(26)34-15/h5-8,11,14-16,20-22,30H,9-10H2,1-4H3,(H,28,29)(H,31,32)/t14-,15-,16-,20-,21+,22-,24-,25+,26-/m1/s1. The molecule has 2 heterocycles. The number of aliphatic carboxylic acids is 2. The summed E-state index contributed by atoms with van der Waals surface area (Å²) >= 11 is 0. The second-order valence-corrected chi connectivity index (χ2v) is 11.0. The van der Waals surface area contributed by atoms with Gasteiger partial charge in [0.2, 0.25) is 0 Å². The molecule has 0 amide bonds. The zero-order valence-corrected chi connectivity index (χ0v) is 19.6. The van der Waals surface area contributed by atoms with Gasteiger partial charge in [-0.15, -0.1) is 0 Å². The van der Waals surface area contributed by atoms with Crippen molar-refractivity contribution in [2.24, 2.45) is 28.1 Å². The van der Waals surface area contributed by atoms with Crippen LogP contribution in [0.15, 0.2) is 46.3 Å². The van der Waals surface area contributed by atoms with Gasteiger partial charge in [0.05, 0.1) is 42.7 Å². The Labute approximate surface area is 197 Å². The Morgan fingerprint density at radius 3 is 2.47 bits per heavy atom. The molecule has 9 atom stereocenters. The van der Waals surface area contributed by atoms with Crippen LogP contribution in [-0.4, -0.2) is 51.4 Å². The number of fused-ring (bicyclic) bond motifs is 4. The maximum atomic E-state index is 13.5.